The van der Waals surface area contributed by atoms with Crippen LogP contribution in [0, 0.1) is 11.8 Å². The second kappa shape index (κ2) is 5.23. The maximum absolute atomic E-state index is 6.10. The lowest BCUT2D eigenvalue weighted by atomic mass is 10.2. The third-order valence-corrected chi connectivity index (χ3v) is 3.80. The summed E-state index contributed by atoms with van der Waals surface area (Å²) in [5, 5.41) is 3.85. The van der Waals surface area contributed by atoms with Gasteiger partial charge in [-0.05, 0) is 36.9 Å². The summed E-state index contributed by atoms with van der Waals surface area (Å²) in [5.41, 5.74) is 1.11. The summed E-state index contributed by atoms with van der Waals surface area (Å²) in [7, 11) is 4.02. The highest BCUT2D eigenvalue weighted by Crippen LogP contribution is 2.38. The Morgan fingerprint density at radius 2 is 2.29 bits per heavy atom. The average Bonchev–Trinajstić information content (AvgIpc) is 2.97. The molecule has 1 saturated carbocycles. The normalized spacial score (nSPS) is 22.6. The van der Waals surface area contributed by atoms with E-state index in [1.807, 2.05) is 7.05 Å². The number of aromatic nitrogens is 1. The number of nitrogens with zero attached hydrogens (tertiary/aromatic N) is 2. The number of hydrogen-bond acceptors (Lipinski definition) is 3. The maximum Gasteiger partial charge on any atom is 0.128 e. The van der Waals surface area contributed by atoms with Gasteiger partial charge in [0.15, 0.2) is 0 Å². The van der Waals surface area contributed by atoms with Gasteiger partial charge in [-0.3, -0.25) is 0 Å². The molecule has 4 heteroatoms. The van der Waals surface area contributed by atoms with Gasteiger partial charge in [0.25, 0.3) is 0 Å². The minimum atomic E-state index is 0.733. The van der Waals surface area contributed by atoms with Gasteiger partial charge in [0.2, 0.25) is 0 Å². The van der Waals surface area contributed by atoms with Crippen LogP contribution in [0.3, 0.4) is 0 Å². The molecule has 17 heavy (non-hydrogen) atoms. The summed E-state index contributed by atoms with van der Waals surface area (Å²) in [4.78, 5) is 6.62. The van der Waals surface area contributed by atoms with Crippen LogP contribution in [0.15, 0.2) is 12.3 Å². The van der Waals surface area contributed by atoms with Crippen molar-refractivity contribution in [2.75, 3.05) is 25.5 Å². The molecule has 94 valence electrons. The first-order valence-corrected chi connectivity index (χ1v) is 6.49. The van der Waals surface area contributed by atoms with Crippen LogP contribution in [0.1, 0.15) is 18.9 Å². The van der Waals surface area contributed by atoms with Crippen molar-refractivity contribution in [3.8, 4) is 0 Å². The van der Waals surface area contributed by atoms with Gasteiger partial charge in [0.1, 0.15) is 5.82 Å². The second-order valence-electron chi connectivity index (χ2n) is 5.02. The SMILES string of the molecule is CNCc1cc(N(C)CC2CC2C)ncc1Cl. The topological polar surface area (TPSA) is 28.2 Å². The molecule has 0 amide bonds. The third kappa shape index (κ3) is 3.11. The van der Waals surface area contributed by atoms with Crippen LogP contribution >= 0.6 is 11.6 Å². The maximum atomic E-state index is 6.10. The quantitative estimate of drug-likeness (QED) is 0.874. The van der Waals surface area contributed by atoms with E-state index in [1.165, 1.54) is 6.42 Å². The Kier molecular flexibility index (Phi) is 3.89. The molecule has 1 aromatic rings. The monoisotopic (exact) mass is 253 g/mol. The summed E-state index contributed by atoms with van der Waals surface area (Å²) < 4.78 is 0. The van der Waals surface area contributed by atoms with Gasteiger partial charge in [0, 0.05) is 26.3 Å². The van der Waals surface area contributed by atoms with Gasteiger partial charge in [-0.1, -0.05) is 18.5 Å². The lowest BCUT2D eigenvalue weighted by Crippen LogP contribution is -2.22. The Balaban J connectivity index is 2.06. The van der Waals surface area contributed by atoms with Crippen molar-refractivity contribution in [1.82, 2.24) is 10.3 Å². The first-order chi connectivity index (χ1) is 8.11. The third-order valence-electron chi connectivity index (χ3n) is 3.46. The molecule has 2 atom stereocenters. The van der Waals surface area contributed by atoms with Crippen molar-refractivity contribution < 1.29 is 0 Å². The zero-order chi connectivity index (χ0) is 12.4. The largest absolute Gasteiger partial charge is 0.359 e. The summed E-state index contributed by atoms with van der Waals surface area (Å²) in [6, 6.07) is 2.08. The highest BCUT2D eigenvalue weighted by Gasteiger charge is 2.33. The van der Waals surface area contributed by atoms with Gasteiger partial charge in [0.05, 0.1) is 5.02 Å². The number of hydrogen-bond donors (Lipinski definition) is 1. The second-order valence-corrected chi connectivity index (χ2v) is 5.43. The molecule has 0 spiro atoms. The van der Waals surface area contributed by atoms with Crippen LogP contribution in [-0.2, 0) is 6.54 Å². The van der Waals surface area contributed by atoms with E-state index in [0.29, 0.717) is 0 Å². The zero-order valence-electron chi connectivity index (χ0n) is 10.7. The Labute approximate surface area is 108 Å². The molecule has 0 aromatic carbocycles. The molecule has 0 aliphatic heterocycles. The standard InChI is InChI=1S/C13H20ClN3/c1-9-4-11(9)8-17(3)13-5-10(6-15-2)12(14)7-16-13/h5,7,9,11,15H,4,6,8H2,1-3H3. The molecular formula is C13H20ClN3. The van der Waals surface area contributed by atoms with E-state index in [4.69, 9.17) is 11.6 Å². The van der Waals surface area contributed by atoms with Crippen LogP contribution in [-0.4, -0.2) is 25.6 Å². The smallest absolute Gasteiger partial charge is 0.128 e. The van der Waals surface area contributed by atoms with Crippen LogP contribution < -0.4 is 10.2 Å². The van der Waals surface area contributed by atoms with Crippen molar-refractivity contribution in [3.05, 3.63) is 22.8 Å². The van der Waals surface area contributed by atoms with Crippen molar-refractivity contribution in [1.29, 1.82) is 0 Å². The van der Waals surface area contributed by atoms with Crippen LogP contribution in [0.2, 0.25) is 5.02 Å². The van der Waals surface area contributed by atoms with Crippen LogP contribution in [0.5, 0.6) is 0 Å². The molecule has 1 aromatic heterocycles. The summed E-state index contributed by atoms with van der Waals surface area (Å²) >= 11 is 6.10. The predicted octanol–water partition coefficient (Wildman–Crippen LogP) is 2.55. The average molecular weight is 254 g/mol. The molecule has 1 aliphatic rings. The first-order valence-electron chi connectivity index (χ1n) is 6.12. The summed E-state index contributed by atoms with van der Waals surface area (Å²) in [6.07, 6.45) is 3.09. The Bertz CT molecular complexity index is 394. The lowest BCUT2D eigenvalue weighted by Gasteiger charge is -2.19. The Morgan fingerprint density at radius 1 is 1.59 bits per heavy atom. The van der Waals surface area contributed by atoms with E-state index < -0.39 is 0 Å². The summed E-state index contributed by atoms with van der Waals surface area (Å²) in [6.45, 7) is 4.18. The van der Waals surface area contributed by atoms with Crippen LogP contribution in [0.25, 0.3) is 0 Å². The van der Waals surface area contributed by atoms with E-state index in [9.17, 15) is 0 Å². The molecule has 1 aliphatic carbocycles. The molecule has 1 fully saturated rings. The van der Waals surface area contributed by atoms with E-state index >= 15 is 0 Å². The van der Waals surface area contributed by atoms with E-state index in [2.05, 4.69) is 35.2 Å². The van der Waals surface area contributed by atoms with Gasteiger partial charge >= 0.3 is 0 Å². The summed E-state index contributed by atoms with van der Waals surface area (Å²) in [5.74, 6) is 2.73. The van der Waals surface area contributed by atoms with Gasteiger partial charge in [-0.25, -0.2) is 4.98 Å². The molecule has 2 unspecified atom stereocenters. The fourth-order valence-corrected chi connectivity index (χ4v) is 2.27. The number of rotatable bonds is 5. The zero-order valence-corrected chi connectivity index (χ0v) is 11.5. The Morgan fingerprint density at radius 3 is 2.88 bits per heavy atom. The van der Waals surface area contributed by atoms with Crippen molar-refractivity contribution in [3.63, 3.8) is 0 Å². The van der Waals surface area contributed by atoms with Crippen molar-refractivity contribution in [2.24, 2.45) is 11.8 Å². The number of nitrogens with one attached hydrogen (secondary N) is 1. The predicted molar refractivity (Wildman–Crippen MR) is 72.6 cm³/mol. The molecular weight excluding hydrogens is 234 g/mol. The first kappa shape index (κ1) is 12.7. The molecule has 1 N–H and O–H groups in total. The fraction of sp³-hybridized carbons (Fsp3) is 0.615. The molecule has 0 saturated heterocycles. The minimum absolute atomic E-state index is 0.733. The van der Waals surface area contributed by atoms with Crippen LogP contribution in [0.4, 0.5) is 5.82 Å². The molecule has 0 bridgehead atoms. The molecule has 1 heterocycles. The number of pyridine rings is 1. The lowest BCUT2D eigenvalue weighted by molar-refractivity contribution is 0.718. The van der Waals surface area contributed by atoms with E-state index in [1.54, 1.807) is 6.20 Å². The number of halogens is 1. The number of anilines is 1. The van der Waals surface area contributed by atoms with Crippen molar-refractivity contribution in [2.45, 2.75) is 19.9 Å². The highest BCUT2D eigenvalue weighted by atomic mass is 35.5. The van der Waals surface area contributed by atoms with Gasteiger partial charge < -0.3 is 10.2 Å². The molecule has 0 radical (unpaired) electrons. The van der Waals surface area contributed by atoms with Gasteiger partial charge in [-0.2, -0.15) is 0 Å². The van der Waals surface area contributed by atoms with Crippen molar-refractivity contribution >= 4 is 17.4 Å². The molecule has 2 rings (SSSR count). The minimum Gasteiger partial charge on any atom is -0.359 e. The molecule has 3 nitrogen and oxygen atoms in total. The van der Waals surface area contributed by atoms with E-state index in [-0.39, 0.29) is 0 Å². The highest BCUT2D eigenvalue weighted by molar-refractivity contribution is 6.31. The van der Waals surface area contributed by atoms with Gasteiger partial charge in [-0.15, -0.1) is 0 Å². The Hall–Kier alpha value is -0.800. The van der Waals surface area contributed by atoms with E-state index in [0.717, 1.165) is 41.3 Å². The fourth-order valence-electron chi connectivity index (χ4n) is 2.10.